The Hall–Kier alpha value is -2.39. The summed E-state index contributed by atoms with van der Waals surface area (Å²) >= 11 is 1.40. The standard InChI is InChI=1S/C17H18F2N4O2S/c18-11-1-2-12(13(19)9-11)16(24)22-5-7-23(8-6-22)17(25)14-10-26-15(21-14)3-4-20/h1-2,9-10H,3-8,20H2. The van der Waals surface area contributed by atoms with Gasteiger partial charge in [0.25, 0.3) is 11.8 Å². The van der Waals surface area contributed by atoms with Crippen LogP contribution in [0.15, 0.2) is 23.6 Å². The molecular weight excluding hydrogens is 362 g/mol. The molecule has 0 atom stereocenters. The van der Waals surface area contributed by atoms with Crippen molar-refractivity contribution in [2.24, 2.45) is 5.73 Å². The molecular formula is C17H18F2N4O2S. The second-order valence-corrected chi connectivity index (χ2v) is 6.82. The van der Waals surface area contributed by atoms with E-state index in [0.717, 1.165) is 17.1 Å². The summed E-state index contributed by atoms with van der Waals surface area (Å²) in [6, 6.07) is 2.88. The van der Waals surface area contributed by atoms with Crippen molar-refractivity contribution in [2.45, 2.75) is 6.42 Å². The van der Waals surface area contributed by atoms with Crippen molar-refractivity contribution in [2.75, 3.05) is 32.7 Å². The number of rotatable bonds is 4. The zero-order chi connectivity index (χ0) is 18.7. The largest absolute Gasteiger partial charge is 0.335 e. The smallest absolute Gasteiger partial charge is 0.273 e. The molecule has 2 aromatic rings. The predicted molar refractivity (Wildman–Crippen MR) is 93.0 cm³/mol. The Morgan fingerprint density at radius 1 is 1.12 bits per heavy atom. The van der Waals surface area contributed by atoms with Crippen molar-refractivity contribution in [3.8, 4) is 0 Å². The Labute approximate surface area is 153 Å². The minimum Gasteiger partial charge on any atom is -0.335 e. The van der Waals surface area contributed by atoms with Gasteiger partial charge in [-0.1, -0.05) is 0 Å². The summed E-state index contributed by atoms with van der Waals surface area (Å²) in [4.78, 5) is 32.2. The van der Waals surface area contributed by atoms with Gasteiger partial charge in [-0.2, -0.15) is 0 Å². The fourth-order valence-electron chi connectivity index (χ4n) is 2.76. The van der Waals surface area contributed by atoms with Crippen LogP contribution in [0.25, 0.3) is 0 Å². The molecule has 2 heterocycles. The van der Waals surface area contributed by atoms with Crippen LogP contribution < -0.4 is 5.73 Å². The van der Waals surface area contributed by atoms with Gasteiger partial charge in [0.1, 0.15) is 17.3 Å². The van der Waals surface area contributed by atoms with Crippen LogP contribution in [0.2, 0.25) is 0 Å². The van der Waals surface area contributed by atoms with Crippen molar-refractivity contribution in [1.29, 1.82) is 0 Å². The molecule has 0 aliphatic carbocycles. The van der Waals surface area contributed by atoms with Crippen LogP contribution in [0, 0.1) is 11.6 Å². The topological polar surface area (TPSA) is 79.5 Å². The Morgan fingerprint density at radius 2 is 1.77 bits per heavy atom. The second-order valence-electron chi connectivity index (χ2n) is 5.87. The van der Waals surface area contributed by atoms with Crippen LogP contribution >= 0.6 is 11.3 Å². The molecule has 0 saturated carbocycles. The first kappa shape index (κ1) is 18.4. The number of halogens is 2. The Morgan fingerprint density at radius 3 is 2.38 bits per heavy atom. The summed E-state index contributed by atoms with van der Waals surface area (Å²) in [6.07, 6.45) is 0.628. The molecule has 1 aliphatic heterocycles. The third kappa shape index (κ3) is 3.88. The number of benzene rings is 1. The molecule has 0 unspecified atom stereocenters. The van der Waals surface area contributed by atoms with Crippen LogP contribution in [-0.2, 0) is 6.42 Å². The average molecular weight is 380 g/mol. The maximum absolute atomic E-state index is 13.8. The first-order chi connectivity index (χ1) is 12.5. The summed E-state index contributed by atoms with van der Waals surface area (Å²) in [5.74, 6) is -2.31. The average Bonchev–Trinajstić information content (AvgIpc) is 3.10. The number of hydrogen-bond acceptors (Lipinski definition) is 5. The van der Waals surface area contributed by atoms with Crippen LogP contribution in [0.5, 0.6) is 0 Å². The summed E-state index contributed by atoms with van der Waals surface area (Å²) in [5.41, 5.74) is 5.69. The lowest BCUT2D eigenvalue weighted by Crippen LogP contribution is -2.50. The van der Waals surface area contributed by atoms with Crippen LogP contribution in [0.4, 0.5) is 8.78 Å². The molecule has 3 rings (SSSR count). The highest BCUT2D eigenvalue weighted by atomic mass is 32.1. The van der Waals surface area contributed by atoms with Gasteiger partial charge in [-0.05, 0) is 18.7 Å². The van der Waals surface area contributed by atoms with Gasteiger partial charge >= 0.3 is 0 Å². The van der Waals surface area contributed by atoms with E-state index in [0.29, 0.717) is 37.8 Å². The lowest BCUT2D eigenvalue weighted by Gasteiger charge is -2.34. The molecule has 138 valence electrons. The van der Waals surface area contributed by atoms with E-state index < -0.39 is 17.5 Å². The van der Waals surface area contributed by atoms with E-state index in [9.17, 15) is 18.4 Å². The third-order valence-corrected chi connectivity index (χ3v) is 5.05. The van der Waals surface area contributed by atoms with Gasteiger partial charge in [0.15, 0.2) is 0 Å². The van der Waals surface area contributed by atoms with Gasteiger partial charge in [-0.25, -0.2) is 13.8 Å². The van der Waals surface area contributed by atoms with Crippen molar-refractivity contribution < 1.29 is 18.4 Å². The Bertz CT molecular complexity index is 819. The molecule has 1 saturated heterocycles. The SMILES string of the molecule is NCCc1nc(C(=O)N2CCN(C(=O)c3ccc(F)cc3F)CC2)cs1. The number of carbonyl (C=O) groups excluding carboxylic acids is 2. The van der Waals surface area contributed by atoms with Crippen molar-refractivity contribution in [3.05, 3.63) is 51.5 Å². The summed E-state index contributed by atoms with van der Waals surface area (Å²) in [7, 11) is 0. The number of amides is 2. The number of piperazine rings is 1. The first-order valence-corrected chi connectivity index (χ1v) is 9.05. The van der Waals surface area contributed by atoms with E-state index in [1.165, 1.54) is 16.2 Å². The van der Waals surface area contributed by atoms with E-state index in [1.807, 2.05) is 0 Å². The minimum atomic E-state index is -0.886. The molecule has 1 aromatic carbocycles. The van der Waals surface area contributed by atoms with Gasteiger partial charge in [0, 0.05) is 44.0 Å². The zero-order valence-corrected chi connectivity index (χ0v) is 14.8. The maximum Gasteiger partial charge on any atom is 0.273 e. The quantitative estimate of drug-likeness (QED) is 0.872. The molecule has 1 aliphatic rings. The Kier molecular flexibility index (Phi) is 5.58. The van der Waals surface area contributed by atoms with Crippen molar-refractivity contribution >= 4 is 23.2 Å². The predicted octanol–water partition coefficient (Wildman–Crippen LogP) is 1.52. The van der Waals surface area contributed by atoms with E-state index in [-0.39, 0.29) is 24.6 Å². The first-order valence-electron chi connectivity index (χ1n) is 8.17. The van der Waals surface area contributed by atoms with Gasteiger partial charge < -0.3 is 15.5 Å². The van der Waals surface area contributed by atoms with E-state index >= 15 is 0 Å². The number of carbonyl (C=O) groups is 2. The number of thiazole rings is 1. The number of nitrogens with zero attached hydrogens (tertiary/aromatic N) is 3. The number of nitrogens with two attached hydrogens (primary N) is 1. The van der Waals surface area contributed by atoms with Gasteiger partial charge in [-0.3, -0.25) is 9.59 Å². The van der Waals surface area contributed by atoms with E-state index in [1.54, 1.807) is 10.3 Å². The molecule has 26 heavy (non-hydrogen) atoms. The lowest BCUT2D eigenvalue weighted by atomic mass is 10.1. The lowest BCUT2D eigenvalue weighted by molar-refractivity contribution is 0.0530. The van der Waals surface area contributed by atoms with E-state index in [2.05, 4.69) is 4.98 Å². The molecule has 2 N–H and O–H groups in total. The zero-order valence-electron chi connectivity index (χ0n) is 14.0. The monoisotopic (exact) mass is 380 g/mol. The summed E-state index contributed by atoms with van der Waals surface area (Å²) < 4.78 is 26.8. The highest BCUT2D eigenvalue weighted by molar-refractivity contribution is 7.09. The molecule has 0 spiro atoms. The van der Waals surface area contributed by atoms with Crippen molar-refractivity contribution in [1.82, 2.24) is 14.8 Å². The number of hydrogen-bond donors (Lipinski definition) is 1. The molecule has 9 heteroatoms. The molecule has 0 bridgehead atoms. The minimum absolute atomic E-state index is 0.169. The van der Waals surface area contributed by atoms with Crippen molar-refractivity contribution in [3.63, 3.8) is 0 Å². The second kappa shape index (κ2) is 7.88. The molecule has 6 nitrogen and oxygen atoms in total. The molecule has 2 amide bonds. The van der Waals surface area contributed by atoms with E-state index in [4.69, 9.17) is 5.73 Å². The van der Waals surface area contributed by atoms with Crippen LogP contribution in [0.3, 0.4) is 0 Å². The Balaban J connectivity index is 1.61. The van der Waals surface area contributed by atoms with Gasteiger partial charge in [0.2, 0.25) is 0 Å². The molecule has 0 radical (unpaired) electrons. The van der Waals surface area contributed by atoms with Gasteiger partial charge in [-0.15, -0.1) is 11.3 Å². The normalized spacial score (nSPS) is 14.6. The van der Waals surface area contributed by atoms with Crippen LogP contribution in [0.1, 0.15) is 25.9 Å². The highest BCUT2D eigenvalue weighted by Crippen LogP contribution is 2.16. The molecule has 1 aromatic heterocycles. The fraction of sp³-hybridized carbons (Fsp3) is 0.353. The summed E-state index contributed by atoms with van der Waals surface area (Å²) in [5, 5.41) is 2.52. The summed E-state index contributed by atoms with van der Waals surface area (Å²) in [6.45, 7) is 1.69. The maximum atomic E-state index is 13.8. The molecule has 1 fully saturated rings. The van der Waals surface area contributed by atoms with Gasteiger partial charge in [0.05, 0.1) is 10.6 Å². The third-order valence-electron chi connectivity index (χ3n) is 4.14. The number of aromatic nitrogens is 1. The highest BCUT2D eigenvalue weighted by Gasteiger charge is 2.27. The van der Waals surface area contributed by atoms with Crippen LogP contribution in [-0.4, -0.2) is 59.3 Å². The fourth-order valence-corrected chi connectivity index (χ4v) is 3.54.